The van der Waals surface area contributed by atoms with Crippen LogP contribution >= 0.6 is 0 Å². The second kappa shape index (κ2) is 7.57. The third kappa shape index (κ3) is 3.82. The second-order valence-corrected chi connectivity index (χ2v) is 5.20. The van der Waals surface area contributed by atoms with Gasteiger partial charge in [0.25, 0.3) is 11.8 Å². The van der Waals surface area contributed by atoms with Crippen LogP contribution in [0.15, 0.2) is 42.5 Å². The molecule has 0 bridgehead atoms. The number of carbonyl (C=O) groups excluding carboxylic acids is 2. The highest BCUT2D eigenvalue weighted by atomic mass is 16.6. The van der Waals surface area contributed by atoms with E-state index in [4.69, 9.17) is 14.2 Å². The fourth-order valence-corrected chi connectivity index (χ4v) is 2.37. The van der Waals surface area contributed by atoms with E-state index in [1.807, 2.05) is 6.92 Å². The normalized spacial score (nSPS) is 12.2. The summed E-state index contributed by atoms with van der Waals surface area (Å²) in [5, 5.41) is 0. The Morgan fingerprint density at radius 3 is 2.52 bits per heavy atom. The predicted octanol–water partition coefficient (Wildman–Crippen LogP) is 1.93. The molecule has 7 nitrogen and oxygen atoms in total. The van der Waals surface area contributed by atoms with Crippen LogP contribution in [0.2, 0.25) is 0 Å². The first-order valence-electron chi connectivity index (χ1n) is 7.91. The van der Waals surface area contributed by atoms with Crippen molar-refractivity contribution in [3.63, 3.8) is 0 Å². The Morgan fingerprint density at radius 1 is 1.00 bits per heavy atom. The number of amides is 2. The average Bonchev–Trinajstić information content (AvgIpc) is 2.66. The molecule has 1 heterocycles. The number of fused-ring (bicyclic) bond motifs is 1. The Morgan fingerprint density at radius 2 is 1.72 bits per heavy atom. The molecule has 0 radical (unpaired) electrons. The first kappa shape index (κ1) is 16.6. The standard InChI is InChI=1S/C18H18N2O5/c1-2-23-14-6-4-3-5-13(14)18(22)20-19-17(21)12-7-8-15-16(11-12)25-10-9-24-15/h3-8,11H,2,9-10H2,1H3,(H,19,21)(H,20,22). The van der Waals surface area contributed by atoms with Gasteiger partial charge in [0.1, 0.15) is 19.0 Å². The zero-order valence-corrected chi connectivity index (χ0v) is 13.7. The van der Waals surface area contributed by atoms with E-state index in [9.17, 15) is 9.59 Å². The first-order valence-corrected chi connectivity index (χ1v) is 7.91. The van der Waals surface area contributed by atoms with Crippen LogP contribution in [0.1, 0.15) is 27.6 Å². The topological polar surface area (TPSA) is 85.9 Å². The molecule has 0 aromatic heterocycles. The van der Waals surface area contributed by atoms with Crippen LogP contribution < -0.4 is 25.1 Å². The molecule has 1 aliphatic rings. The van der Waals surface area contributed by atoms with Crippen LogP contribution in [0, 0.1) is 0 Å². The molecule has 0 spiro atoms. The number of ether oxygens (including phenoxy) is 3. The smallest absolute Gasteiger partial charge is 0.273 e. The SMILES string of the molecule is CCOc1ccccc1C(=O)NNC(=O)c1ccc2c(c1)OCCO2. The third-order valence-corrected chi connectivity index (χ3v) is 3.53. The number of para-hydroxylation sites is 1. The molecule has 1 aliphatic heterocycles. The summed E-state index contributed by atoms with van der Waals surface area (Å²) in [6.07, 6.45) is 0. The Kier molecular flexibility index (Phi) is 5.03. The van der Waals surface area contributed by atoms with E-state index in [0.29, 0.717) is 48.2 Å². The van der Waals surface area contributed by atoms with Crippen LogP contribution in [-0.4, -0.2) is 31.6 Å². The largest absolute Gasteiger partial charge is 0.493 e. The monoisotopic (exact) mass is 342 g/mol. The van der Waals surface area contributed by atoms with Gasteiger partial charge < -0.3 is 14.2 Å². The highest BCUT2D eigenvalue weighted by Gasteiger charge is 2.16. The van der Waals surface area contributed by atoms with Crippen molar-refractivity contribution < 1.29 is 23.8 Å². The quantitative estimate of drug-likeness (QED) is 0.829. The van der Waals surface area contributed by atoms with Crippen molar-refractivity contribution >= 4 is 11.8 Å². The van der Waals surface area contributed by atoms with Crippen molar-refractivity contribution in [1.29, 1.82) is 0 Å². The van der Waals surface area contributed by atoms with Gasteiger partial charge in [-0.05, 0) is 37.3 Å². The van der Waals surface area contributed by atoms with Gasteiger partial charge in [-0.1, -0.05) is 12.1 Å². The maximum absolute atomic E-state index is 12.3. The molecule has 3 rings (SSSR count). The minimum atomic E-state index is -0.463. The lowest BCUT2D eigenvalue weighted by atomic mass is 10.2. The number of nitrogens with one attached hydrogen (secondary N) is 2. The van der Waals surface area contributed by atoms with E-state index in [2.05, 4.69) is 10.9 Å². The van der Waals surface area contributed by atoms with E-state index in [-0.39, 0.29) is 0 Å². The Bertz CT molecular complexity index is 791. The minimum absolute atomic E-state index is 0.340. The van der Waals surface area contributed by atoms with Gasteiger partial charge in [-0.15, -0.1) is 0 Å². The molecule has 2 aromatic rings. The number of benzene rings is 2. The van der Waals surface area contributed by atoms with E-state index in [0.717, 1.165) is 0 Å². The predicted molar refractivity (Wildman–Crippen MR) is 90.0 cm³/mol. The molecule has 25 heavy (non-hydrogen) atoms. The van der Waals surface area contributed by atoms with Crippen molar-refractivity contribution in [2.24, 2.45) is 0 Å². The Balaban J connectivity index is 1.65. The van der Waals surface area contributed by atoms with Gasteiger partial charge in [0.05, 0.1) is 12.2 Å². The molecule has 0 aliphatic carbocycles. The molecular weight excluding hydrogens is 324 g/mol. The average molecular weight is 342 g/mol. The van der Waals surface area contributed by atoms with Gasteiger partial charge in [0.15, 0.2) is 11.5 Å². The third-order valence-electron chi connectivity index (χ3n) is 3.53. The van der Waals surface area contributed by atoms with Crippen LogP contribution in [0.3, 0.4) is 0 Å². The number of hydrogen-bond acceptors (Lipinski definition) is 5. The molecule has 2 aromatic carbocycles. The van der Waals surface area contributed by atoms with E-state index in [1.54, 1.807) is 42.5 Å². The van der Waals surface area contributed by atoms with Crippen molar-refractivity contribution in [1.82, 2.24) is 10.9 Å². The van der Waals surface area contributed by atoms with Gasteiger partial charge in [-0.2, -0.15) is 0 Å². The lowest BCUT2D eigenvalue weighted by molar-refractivity contribution is 0.0844. The van der Waals surface area contributed by atoms with Crippen molar-refractivity contribution in [3.05, 3.63) is 53.6 Å². The highest BCUT2D eigenvalue weighted by molar-refractivity contribution is 6.00. The lowest BCUT2D eigenvalue weighted by Gasteiger charge is -2.18. The second-order valence-electron chi connectivity index (χ2n) is 5.20. The first-order chi connectivity index (χ1) is 12.2. The molecule has 130 valence electrons. The van der Waals surface area contributed by atoms with Gasteiger partial charge in [0.2, 0.25) is 0 Å². The van der Waals surface area contributed by atoms with Gasteiger partial charge in [-0.25, -0.2) is 0 Å². The number of carbonyl (C=O) groups is 2. The van der Waals surface area contributed by atoms with E-state index < -0.39 is 11.8 Å². The molecular formula is C18H18N2O5. The van der Waals surface area contributed by atoms with Crippen LogP contribution in [0.4, 0.5) is 0 Å². The molecule has 0 unspecified atom stereocenters. The summed E-state index contributed by atoms with van der Waals surface area (Å²) in [6.45, 7) is 3.18. The van der Waals surface area contributed by atoms with Crippen LogP contribution in [0.25, 0.3) is 0 Å². The number of hydrazine groups is 1. The lowest BCUT2D eigenvalue weighted by Crippen LogP contribution is -2.41. The van der Waals surface area contributed by atoms with E-state index >= 15 is 0 Å². The molecule has 0 fully saturated rings. The van der Waals surface area contributed by atoms with Crippen molar-refractivity contribution in [2.45, 2.75) is 6.92 Å². The Labute approximate surface area is 144 Å². The summed E-state index contributed by atoms with van der Waals surface area (Å²) in [4.78, 5) is 24.5. The van der Waals surface area contributed by atoms with Gasteiger partial charge in [0, 0.05) is 5.56 Å². The molecule has 2 N–H and O–H groups in total. The Hall–Kier alpha value is -3.22. The number of hydrogen-bond donors (Lipinski definition) is 2. The van der Waals surface area contributed by atoms with Crippen molar-refractivity contribution in [2.75, 3.05) is 19.8 Å². The fraction of sp³-hybridized carbons (Fsp3) is 0.222. The zero-order valence-electron chi connectivity index (χ0n) is 13.7. The van der Waals surface area contributed by atoms with Crippen LogP contribution in [-0.2, 0) is 0 Å². The highest BCUT2D eigenvalue weighted by Crippen LogP contribution is 2.30. The molecule has 0 saturated heterocycles. The zero-order chi connectivity index (χ0) is 17.6. The molecule has 0 saturated carbocycles. The summed E-state index contributed by atoms with van der Waals surface area (Å²) in [6, 6.07) is 11.6. The summed E-state index contributed by atoms with van der Waals surface area (Å²) in [7, 11) is 0. The van der Waals surface area contributed by atoms with E-state index in [1.165, 1.54) is 0 Å². The molecule has 7 heteroatoms. The summed E-state index contributed by atoms with van der Waals surface area (Å²) >= 11 is 0. The minimum Gasteiger partial charge on any atom is -0.493 e. The molecule has 0 atom stereocenters. The molecule has 2 amide bonds. The van der Waals surface area contributed by atoms with Gasteiger partial charge >= 0.3 is 0 Å². The van der Waals surface area contributed by atoms with Crippen LogP contribution in [0.5, 0.6) is 17.2 Å². The number of rotatable bonds is 4. The van der Waals surface area contributed by atoms with Gasteiger partial charge in [-0.3, -0.25) is 20.4 Å². The summed E-state index contributed by atoms with van der Waals surface area (Å²) in [5.41, 5.74) is 5.46. The maximum Gasteiger partial charge on any atom is 0.273 e. The summed E-state index contributed by atoms with van der Waals surface area (Å²) in [5.74, 6) is 0.634. The maximum atomic E-state index is 12.3. The summed E-state index contributed by atoms with van der Waals surface area (Å²) < 4.78 is 16.3. The van der Waals surface area contributed by atoms with Crippen molar-refractivity contribution in [3.8, 4) is 17.2 Å². The fourth-order valence-electron chi connectivity index (χ4n) is 2.37.